The Bertz CT molecular complexity index is 133. The Hall–Kier alpha value is 0.290. The Morgan fingerprint density at radius 2 is 2.31 bits per heavy atom. The zero-order chi connectivity index (χ0) is 9.94. The van der Waals surface area contributed by atoms with Gasteiger partial charge in [-0.1, -0.05) is 28.5 Å². The molecule has 0 radical (unpaired) electrons. The van der Waals surface area contributed by atoms with Gasteiger partial charge in [-0.15, -0.1) is 0 Å². The quantitative estimate of drug-likeness (QED) is 0.282. The number of hydrogen-bond acceptors (Lipinski definition) is 5. The molecule has 13 heavy (non-hydrogen) atoms. The van der Waals surface area contributed by atoms with Gasteiger partial charge >= 0.3 is 0 Å². The summed E-state index contributed by atoms with van der Waals surface area (Å²) in [6, 6.07) is 0. The van der Waals surface area contributed by atoms with Crippen molar-refractivity contribution in [3.8, 4) is 0 Å². The summed E-state index contributed by atoms with van der Waals surface area (Å²) >= 11 is 0. The average Bonchev–Trinajstić information content (AvgIpc) is 2.11. The second-order valence-electron chi connectivity index (χ2n) is 2.41. The molecule has 0 aliphatic carbocycles. The maximum absolute atomic E-state index is 9.29. The first-order chi connectivity index (χ1) is 6.31. The van der Waals surface area contributed by atoms with Gasteiger partial charge in [0.25, 0.3) is 0 Å². The fourth-order valence-corrected chi connectivity index (χ4v) is 2.57. The van der Waals surface area contributed by atoms with E-state index in [0.29, 0.717) is 0 Å². The monoisotopic (exact) mass is 222 g/mol. The molecule has 0 aromatic rings. The van der Waals surface area contributed by atoms with Crippen LogP contribution in [0.1, 0.15) is 13.3 Å². The van der Waals surface area contributed by atoms with Gasteiger partial charge in [0.2, 0.25) is 0 Å². The normalized spacial score (nSPS) is 13.8. The van der Waals surface area contributed by atoms with E-state index in [1.807, 2.05) is 13.1 Å². The third kappa shape index (κ3) is 10.2. The summed E-state index contributed by atoms with van der Waals surface area (Å²) in [5, 5.41) is 12.2. The highest BCUT2D eigenvalue weighted by atomic mass is 33.1. The third-order valence-electron chi connectivity index (χ3n) is 1.32. The molecule has 0 aromatic heterocycles. The maximum atomic E-state index is 9.29. The van der Waals surface area contributed by atoms with Crippen molar-refractivity contribution >= 4 is 27.8 Å². The largest absolute Gasteiger partial charge is 0.379 e. The van der Waals surface area contributed by atoms with Crippen LogP contribution >= 0.6 is 21.6 Å². The SMILES string of the molecule is CCNC(O)CCSSCC=NC. The molecule has 78 valence electrons. The molecule has 0 amide bonds. The summed E-state index contributed by atoms with van der Waals surface area (Å²) in [7, 11) is 5.32. The molecule has 2 N–H and O–H groups in total. The van der Waals surface area contributed by atoms with Crippen LogP contribution in [-0.4, -0.2) is 42.6 Å². The first-order valence-corrected chi connectivity index (χ1v) is 6.86. The minimum absolute atomic E-state index is 0.349. The Labute approximate surface area is 88.2 Å². The van der Waals surface area contributed by atoms with Crippen molar-refractivity contribution in [2.75, 3.05) is 25.1 Å². The summed E-state index contributed by atoms with van der Waals surface area (Å²) in [5.74, 6) is 1.91. The summed E-state index contributed by atoms with van der Waals surface area (Å²) < 4.78 is 0. The fraction of sp³-hybridized carbons (Fsp3) is 0.875. The molecule has 3 nitrogen and oxygen atoms in total. The molecular weight excluding hydrogens is 204 g/mol. The molecule has 0 aliphatic rings. The van der Waals surface area contributed by atoms with Crippen LogP contribution < -0.4 is 5.32 Å². The van der Waals surface area contributed by atoms with E-state index in [4.69, 9.17) is 0 Å². The van der Waals surface area contributed by atoms with Crippen molar-refractivity contribution in [3.63, 3.8) is 0 Å². The van der Waals surface area contributed by atoms with E-state index in [2.05, 4.69) is 10.3 Å². The van der Waals surface area contributed by atoms with Gasteiger partial charge in [0.15, 0.2) is 0 Å². The Balaban J connectivity index is 3.06. The van der Waals surface area contributed by atoms with E-state index < -0.39 is 0 Å². The first kappa shape index (κ1) is 13.3. The van der Waals surface area contributed by atoms with E-state index in [1.54, 1.807) is 28.6 Å². The predicted octanol–water partition coefficient (Wildman–Crippen LogP) is 1.39. The van der Waals surface area contributed by atoms with Crippen molar-refractivity contribution in [2.24, 2.45) is 4.99 Å². The van der Waals surface area contributed by atoms with Crippen molar-refractivity contribution < 1.29 is 5.11 Å². The van der Waals surface area contributed by atoms with Crippen molar-refractivity contribution in [3.05, 3.63) is 0 Å². The molecule has 1 unspecified atom stereocenters. The van der Waals surface area contributed by atoms with Gasteiger partial charge in [0, 0.05) is 24.8 Å². The van der Waals surface area contributed by atoms with E-state index in [9.17, 15) is 5.11 Å². The van der Waals surface area contributed by atoms with Crippen molar-refractivity contribution in [1.82, 2.24) is 5.32 Å². The topological polar surface area (TPSA) is 44.6 Å². The van der Waals surface area contributed by atoms with Crippen LogP contribution in [0.5, 0.6) is 0 Å². The summed E-state index contributed by atoms with van der Waals surface area (Å²) in [5.41, 5.74) is 0. The van der Waals surface area contributed by atoms with Crippen LogP contribution in [-0.2, 0) is 0 Å². The van der Waals surface area contributed by atoms with Crippen molar-refractivity contribution in [1.29, 1.82) is 0 Å². The first-order valence-electron chi connectivity index (χ1n) is 4.37. The Morgan fingerprint density at radius 1 is 1.54 bits per heavy atom. The number of nitrogens with zero attached hydrogens (tertiary/aromatic N) is 1. The highest BCUT2D eigenvalue weighted by molar-refractivity contribution is 8.76. The average molecular weight is 222 g/mol. The van der Waals surface area contributed by atoms with Crippen LogP contribution in [0.15, 0.2) is 4.99 Å². The minimum atomic E-state index is -0.349. The number of aliphatic hydroxyl groups excluding tert-OH is 1. The molecule has 0 rings (SSSR count). The van der Waals surface area contributed by atoms with Crippen LogP contribution in [0.3, 0.4) is 0 Å². The summed E-state index contributed by atoms with van der Waals surface area (Å²) in [4.78, 5) is 3.88. The minimum Gasteiger partial charge on any atom is -0.379 e. The van der Waals surface area contributed by atoms with Gasteiger partial charge < -0.3 is 5.11 Å². The fourth-order valence-electron chi connectivity index (χ4n) is 0.709. The molecule has 0 fully saturated rings. The van der Waals surface area contributed by atoms with Crippen LogP contribution in [0.2, 0.25) is 0 Å². The molecule has 0 spiro atoms. The number of aliphatic imine (C=N–C) groups is 1. The van der Waals surface area contributed by atoms with Gasteiger partial charge in [0.1, 0.15) is 6.23 Å². The van der Waals surface area contributed by atoms with E-state index in [0.717, 1.165) is 24.5 Å². The number of hydrogen-bond donors (Lipinski definition) is 2. The van der Waals surface area contributed by atoms with Gasteiger partial charge in [-0.3, -0.25) is 10.3 Å². The number of rotatable bonds is 8. The van der Waals surface area contributed by atoms with Gasteiger partial charge in [-0.05, 0) is 13.0 Å². The summed E-state index contributed by atoms with van der Waals surface area (Å²) in [6.07, 6.45) is 2.34. The Morgan fingerprint density at radius 3 is 2.92 bits per heavy atom. The van der Waals surface area contributed by atoms with E-state index in [1.165, 1.54) is 0 Å². The lowest BCUT2D eigenvalue weighted by Gasteiger charge is -2.09. The molecule has 1 atom stereocenters. The van der Waals surface area contributed by atoms with Crippen LogP contribution in [0.4, 0.5) is 0 Å². The third-order valence-corrected chi connectivity index (χ3v) is 3.59. The zero-order valence-corrected chi connectivity index (χ0v) is 9.83. The standard InChI is InChI=1S/C8H18N2OS2/c1-3-10-8(11)4-6-12-13-7-5-9-2/h5,8,10-11H,3-4,6-7H2,1-2H3. The second kappa shape index (κ2) is 10.4. The van der Waals surface area contributed by atoms with Gasteiger partial charge in [-0.2, -0.15) is 0 Å². The van der Waals surface area contributed by atoms with Crippen molar-refractivity contribution in [2.45, 2.75) is 19.6 Å². The second-order valence-corrected chi connectivity index (χ2v) is 5.04. The highest BCUT2D eigenvalue weighted by Gasteiger charge is 2.00. The molecule has 0 saturated carbocycles. The molecule has 0 aliphatic heterocycles. The molecule has 0 aromatic carbocycles. The molecule has 5 heteroatoms. The van der Waals surface area contributed by atoms with Crippen LogP contribution in [0, 0.1) is 0 Å². The maximum Gasteiger partial charge on any atom is 0.105 e. The lowest BCUT2D eigenvalue weighted by atomic mass is 10.4. The van der Waals surface area contributed by atoms with E-state index >= 15 is 0 Å². The van der Waals surface area contributed by atoms with Gasteiger partial charge in [-0.25, -0.2) is 0 Å². The lowest BCUT2D eigenvalue weighted by Crippen LogP contribution is -2.28. The molecule has 0 heterocycles. The number of nitrogens with one attached hydrogen (secondary N) is 1. The zero-order valence-electron chi connectivity index (χ0n) is 8.19. The summed E-state index contributed by atoms with van der Waals surface area (Å²) in [6.45, 7) is 2.81. The molecule has 0 bridgehead atoms. The highest BCUT2D eigenvalue weighted by Crippen LogP contribution is 2.20. The molecule has 0 saturated heterocycles. The smallest absolute Gasteiger partial charge is 0.105 e. The van der Waals surface area contributed by atoms with Crippen LogP contribution in [0.25, 0.3) is 0 Å². The predicted molar refractivity (Wildman–Crippen MR) is 63.6 cm³/mol. The number of aliphatic hydroxyl groups is 1. The van der Waals surface area contributed by atoms with Gasteiger partial charge in [0.05, 0.1) is 0 Å². The lowest BCUT2D eigenvalue weighted by molar-refractivity contribution is 0.137. The van der Waals surface area contributed by atoms with E-state index in [-0.39, 0.29) is 6.23 Å². The Kier molecular flexibility index (Phi) is 10.6. The molecular formula is C8H18N2OS2.